The number of likely N-dealkylation sites (tertiary alicyclic amines) is 1. The van der Waals surface area contributed by atoms with Gasteiger partial charge in [-0.2, -0.15) is 0 Å². The first-order valence-corrected chi connectivity index (χ1v) is 7.91. The summed E-state index contributed by atoms with van der Waals surface area (Å²) >= 11 is 0. The highest BCUT2D eigenvalue weighted by atomic mass is 16.6. The molecule has 1 aliphatic heterocycles. The lowest BCUT2D eigenvalue weighted by Crippen LogP contribution is -2.41. The minimum Gasteiger partial charge on any atom is -0.481 e. The number of hydrogen-bond donors (Lipinski definition) is 1. The molecule has 5 heteroatoms. The zero-order valence-electron chi connectivity index (χ0n) is 14.4. The Bertz CT molecular complexity index is 496. The molecule has 1 heterocycles. The van der Waals surface area contributed by atoms with Crippen LogP contribution in [0, 0.1) is 0 Å². The third-order valence-electron chi connectivity index (χ3n) is 3.42. The molecule has 0 atom stereocenters. The summed E-state index contributed by atoms with van der Waals surface area (Å²) in [4.78, 5) is 22.8. The molecular weight excluding hydrogens is 294 g/mol. The van der Waals surface area contributed by atoms with Gasteiger partial charge in [-0.05, 0) is 45.1 Å². The predicted octanol–water partition coefficient (Wildman–Crippen LogP) is 3.89. The number of aliphatic carboxylic acids is 1. The first-order valence-electron chi connectivity index (χ1n) is 7.91. The van der Waals surface area contributed by atoms with Crippen molar-refractivity contribution < 1.29 is 19.4 Å². The van der Waals surface area contributed by atoms with Gasteiger partial charge in [-0.3, -0.25) is 4.79 Å². The molecule has 2 rings (SSSR count). The number of carboxylic acid groups (broad SMARTS) is 1. The zero-order valence-corrected chi connectivity index (χ0v) is 14.4. The Balaban J connectivity index is 0.000000593. The van der Waals surface area contributed by atoms with E-state index in [1.807, 2.05) is 31.7 Å². The topological polar surface area (TPSA) is 66.8 Å². The first kappa shape index (κ1) is 19.0. The van der Waals surface area contributed by atoms with Crippen molar-refractivity contribution in [1.82, 2.24) is 4.90 Å². The largest absolute Gasteiger partial charge is 0.481 e. The monoisotopic (exact) mass is 321 g/mol. The molecule has 5 nitrogen and oxygen atoms in total. The molecule has 1 aromatic rings. The van der Waals surface area contributed by atoms with E-state index in [2.05, 4.69) is 24.3 Å². The second-order valence-electron chi connectivity index (χ2n) is 6.67. The maximum atomic E-state index is 12.0. The Labute approximate surface area is 138 Å². The number of benzene rings is 1. The number of carbonyl (C=O) groups excluding carboxylic acids is 1. The molecular formula is C18H27NO4. The molecule has 0 radical (unpaired) electrons. The molecule has 1 N–H and O–H groups in total. The van der Waals surface area contributed by atoms with Gasteiger partial charge in [-0.25, -0.2) is 4.79 Å². The minimum atomic E-state index is -0.833. The van der Waals surface area contributed by atoms with E-state index in [4.69, 9.17) is 14.6 Å². The molecule has 0 unspecified atom stereocenters. The van der Waals surface area contributed by atoms with Crippen LogP contribution >= 0.6 is 0 Å². The van der Waals surface area contributed by atoms with Gasteiger partial charge >= 0.3 is 6.09 Å². The molecule has 1 saturated heterocycles. The van der Waals surface area contributed by atoms with Gasteiger partial charge in [0.05, 0.1) is 0 Å². The quantitative estimate of drug-likeness (QED) is 0.852. The smallest absolute Gasteiger partial charge is 0.410 e. The summed E-state index contributed by atoms with van der Waals surface area (Å²) in [6, 6.07) is 10.5. The van der Waals surface area contributed by atoms with Gasteiger partial charge in [0.15, 0.2) is 0 Å². The Morgan fingerprint density at radius 2 is 1.61 bits per heavy atom. The number of amides is 1. The molecule has 1 amide bonds. The van der Waals surface area contributed by atoms with Gasteiger partial charge in [-0.15, -0.1) is 0 Å². The van der Waals surface area contributed by atoms with Crippen LogP contribution in [0.2, 0.25) is 0 Å². The summed E-state index contributed by atoms with van der Waals surface area (Å²) in [5, 5.41) is 7.42. The summed E-state index contributed by atoms with van der Waals surface area (Å²) in [6.45, 7) is 8.37. The highest BCUT2D eigenvalue weighted by Gasteiger charge is 2.27. The van der Waals surface area contributed by atoms with Crippen molar-refractivity contribution in [2.24, 2.45) is 0 Å². The van der Waals surface area contributed by atoms with Crippen LogP contribution in [-0.4, -0.2) is 40.8 Å². The van der Waals surface area contributed by atoms with Crippen LogP contribution in [0.15, 0.2) is 30.3 Å². The molecule has 0 spiro atoms. The third-order valence-corrected chi connectivity index (χ3v) is 3.42. The molecule has 1 aliphatic rings. The normalized spacial score (nSPS) is 15.4. The van der Waals surface area contributed by atoms with Crippen molar-refractivity contribution in [3.8, 4) is 0 Å². The fourth-order valence-corrected chi connectivity index (χ4v) is 2.45. The van der Waals surface area contributed by atoms with Gasteiger partial charge in [0, 0.05) is 20.0 Å². The Morgan fingerprint density at radius 3 is 2.04 bits per heavy atom. The predicted molar refractivity (Wildman–Crippen MR) is 89.5 cm³/mol. The standard InChI is InChI=1S/C16H23NO2.C2H4O2/c1-16(2,3)19-15(18)17-11-9-14(10-12-17)13-7-5-4-6-8-13;1-2(3)4/h4-8,14H,9-12H2,1-3H3;1H3,(H,3,4). The van der Waals surface area contributed by atoms with Gasteiger partial charge in [0.2, 0.25) is 0 Å². The number of ether oxygens (including phenoxy) is 1. The van der Waals surface area contributed by atoms with Crippen molar-refractivity contribution >= 4 is 12.1 Å². The highest BCUT2D eigenvalue weighted by Crippen LogP contribution is 2.28. The van der Waals surface area contributed by atoms with E-state index in [-0.39, 0.29) is 6.09 Å². The van der Waals surface area contributed by atoms with Crippen LogP contribution < -0.4 is 0 Å². The maximum Gasteiger partial charge on any atom is 0.410 e. The first-order chi connectivity index (χ1) is 10.7. The average Bonchev–Trinajstić information content (AvgIpc) is 2.46. The van der Waals surface area contributed by atoms with Crippen LogP contribution in [0.4, 0.5) is 4.79 Å². The van der Waals surface area contributed by atoms with E-state index in [0.717, 1.165) is 32.9 Å². The highest BCUT2D eigenvalue weighted by molar-refractivity contribution is 5.68. The summed E-state index contributed by atoms with van der Waals surface area (Å²) in [6.07, 6.45) is 1.85. The summed E-state index contributed by atoms with van der Waals surface area (Å²) < 4.78 is 5.41. The number of carboxylic acids is 1. The lowest BCUT2D eigenvalue weighted by atomic mass is 9.90. The molecule has 0 bridgehead atoms. The Hall–Kier alpha value is -2.04. The Kier molecular flexibility index (Phi) is 7.07. The molecule has 0 aromatic heterocycles. The molecule has 1 fully saturated rings. The Morgan fingerprint density at radius 1 is 1.13 bits per heavy atom. The summed E-state index contributed by atoms with van der Waals surface area (Å²) in [7, 11) is 0. The number of carbonyl (C=O) groups is 2. The van der Waals surface area contributed by atoms with E-state index in [1.165, 1.54) is 5.56 Å². The molecule has 128 valence electrons. The van der Waals surface area contributed by atoms with Crippen molar-refractivity contribution in [3.63, 3.8) is 0 Å². The van der Waals surface area contributed by atoms with E-state index in [0.29, 0.717) is 5.92 Å². The zero-order chi connectivity index (χ0) is 17.5. The van der Waals surface area contributed by atoms with Crippen LogP contribution in [0.5, 0.6) is 0 Å². The number of hydrogen-bond acceptors (Lipinski definition) is 3. The van der Waals surface area contributed by atoms with Crippen LogP contribution in [0.1, 0.15) is 52.0 Å². The van der Waals surface area contributed by atoms with E-state index < -0.39 is 11.6 Å². The van der Waals surface area contributed by atoms with Crippen molar-refractivity contribution in [2.75, 3.05) is 13.1 Å². The average molecular weight is 321 g/mol. The van der Waals surface area contributed by atoms with Crippen LogP contribution in [-0.2, 0) is 9.53 Å². The van der Waals surface area contributed by atoms with Gasteiger partial charge in [-0.1, -0.05) is 30.3 Å². The number of rotatable bonds is 1. The molecule has 0 saturated carbocycles. The molecule has 1 aromatic carbocycles. The third kappa shape index (κ3) is 7.68. The van der Waals surface area contributed by atoms with Crippen LogP contribution in [0.3, 0.4) is 0 Å². The summed E-state index contributed by atoms with van der Waals surface area (Å²) in [5.41, 5.74) is 0.972. The fraction of sp³-hybridized carbons (Fsp3) is 0.556. The second-order valence-corrected chi connectivity index (χ2v) is 6.67. The summed E-state index contributed by atoms with van der Waals surface area (Å²) in [5.74, 6) is -0.264. The van der Waals surface area contributed by atoms with E-state index >= 15 is 0 Å². The molecule has 23 heavy (non-hydrogen) atoms. The van der Waals surface area contributed by atoms with Crippen molar-refractivity contribution in [2.45, 2.75) is 52.1 Å². The van der Waals surface area contributed by atoms with E-state index in [9.17, 15) is 4.79 Å². The number of nitrogens with zero attached hydrogens (tertiary/aromatic N) is 1. The van der Waals surface area contributed by atoms with E-state index in [1.54, 1.807) is 0 Å². The maximum absolute atomic E-state index is 12.0. The van der Waals surface area contributed by atoms with Gasteiger partial charge in [0.25, 0.3) is 5.97 Å². The fourth-order valence-electron chi connectivity index (χ4n) is 2.45. The minimum absolute atomic E-state index is 0.181. The van der Waals surface area contributed by atoms with Crippen LogP contribution in [0.25, 0.3) is 0 Å². The van der Waals surface area contributed by atoms with Gasteiger partial charge in [0.1, 0.15) is 5.60 Å². The second kappa shape index (κ2) is 8.56. The van der Waals surface area contributed by atoms with Crippen molar-refractivity contribution in [3.05, 3.63) is 35.9 Å². The lowest BCUT2D eigenvalue weighted by molar-refractivity contribution is -0.134. The van der Waals surface area contributed by atoms with Gasteiger partial charge < -0.3 is 14.7 Å². The molecule has 0 aliphatic carbocycles. The lowest BCUT2D eigenvalue weighted by Gasteiger charge is -2.33. The number of piperidine rings is 1. The SMILES string of the molecule is CC(=O)O.CC(C)(C)OC(=O)N1CCC(c2ccccc2)CC1. The van der Waals surface area contributed by atoms with Crippen molar-refractivity contribution in [1.29, 1.82) is 0 Å².